The summed E-state index contributed by atoms with van der Waals surface area (Å²) < 4.78 is 16.4. The molecule has 0 aromatic heterocycles. The van der Waals surface area contributed by atoms with Crippen molar-refractivity contribution in [3.05, 3.63) is 89.8 Å². The van der Waals surface area contributed by atoms with Crippen LogP contribution in [0.4, 0.5) is 5.69 Å². The van der Waals surface area contributed by atoms with Gasteiger partial charge in [0.05, 0.1) is 0 Å². The Morgan fingerprint density at radius 2 is 1.72 bits per heavy atom. The fourth-order valence-corrected chi connectivity index (χ4v) is 6.69. The highest BCUT2D eigenvalue weighted by atomic mass is 31.2. The van der Waals surface area contributed by atoms with E-state index in [1.807, 2.05) is 65.3 Å². The number of para-hydroxylation sites is 1. The first kappa shape index (κ1) is 16.1. The third kappa shape index (κ3) is 2.67. The topological polar surface area (TPSA) is 20.1 Å². The Balaban J connectivity index is 1.89. The normalized spacial score (nSPS) is 21.4. The number of benzene rings is 2. The lowest BCUT2D eigenvalue weighted by molar-refractivity contribution is -0.438. The molecule has 2 aliphatic rings. The van der Waals surface area contributed by atoms with E-state index in [-0.39, 0.29) is 5.78 Å². The maximum absolute atomic E-state index is 14.5. The Labute approximate surface area is 148 Å². The van der Waals surface area contributed by atoms with Crippen LogP contribution in [0.15, 0.2) is 84.2 Å². The molecule has 0 amide bonds. The van der Waals surface area contributed by atoms with Gasteiger partial charge in [-0.2, -0.15) is 4.58 Å². The molecule has 124 valence electrons. The van der Waals surface area contributed by atoms with Gasteiger partial charge in [-0.3, -0.25) is 0 Å². The average molecular weight is 346 g/mol. The summed E-state index contributed by atoms with van der Waals surface area (Å²) in [4.78, 5) is 0. The predicted octanol–water partition coefficient (Wildman–Crippen LogP) is 5.31. The first-order valence-electron chi connectivity index (χ1n) is 8.61. The summed E-state index contributed by atoms with van der Waals surface area (Å²) in [7, 11) is -2.88. The second kappa shape index (κ2) is 6.46. The van der Waals surface area contributed by atoms with Gasteiger partial charge in [0, 0.05) is 22.2 Å². The summed E-state index contributed by atoms with van der Waals surface area (Å²) in [5, 5.41) is 1.82. The van der Waals surface area contributed by atoms with Crippen LogP contribution in [-0.2, 0) is 4.57 Å². The van der Waals surface area contributed by atoms with Gasteiger partial charge in [0.2, 0.25) is 18.6 Å². The van der Waals surface area contributed by atoms with Crippen LogP contribution >= 0.6 is 7.14 Å². The van der Waals surface area contributed by atoms with E-state index in [0.29, 0.717) is 0 Å². The van der Waals surface area contributed by atoms with Crippen LogP contribution in [0.1, 0.15) is 18.4 Å². The van der Waals surface area contributed by atoms with Gasteiger partial charge < -0.3 is 4.57 Å². The molecule has 1 heterocycles. The van der Waals surface area contributed by atoms with Crippen molar-refractivity contribution in [2.45, 2.75) is 18.6 Å². The molecule has 0 radical (unpaired) electrons. The molecule has 1 aliphatic heterocycles. The molecule has 0 N–H and O–H groups in total. The van der Waals surface area contributed by atoms with Crippen molar-refractivity contribution >= 4 is 30.9 Å². The number of fused-ring (bicyclic) bond motifs is 1. The number of hydrogen-bond donors (Lipinski definition) is 0. The van der Waals surface area contributed by atoms with Crippen molar-refractivity contribution < 1.29 is 9.14 Å². The molecule has 0 saturated carbocycles. The Kier molecular flexibility index (Phi) is 4.15. The lowest BCUT2D eigenvalue weighted by atomic mass is 10.1. The summed E-state index contributed by atoms with van der Waals surface area (Å²) >= 11 is 0. The van der Waals surface area contributed by atoms with Crippen LogP contribution in [0.5, 0.6) is 0 Å². The molecule has 3 heteroatoms. The second-order valence-corrected chi connectivity index (χ2v) is 9.28. The van der Waals surface area contributed by atoms with E-state index in [2.05, 4.69) is 31.0 Å². The molecule has 1 aliphatic carbocycles. The molecular formula is C22H21NOP+. The van der Waals surface area contributed by atoms with Crippen molar-refractivity contribution in [3.63, 3.8) is 0 Å². The monoisotopic (exact) mass is 346 g/mol. The minimum Gasteiger partial charge on any atom is -0.306 e. The summed E-state index contributed by atoms with van der Waals surface area (Å²) in [6.45, 7) is 4.27. The van der Waals surface area contributed by atoms with Crippen LogP contribution < -0.4 is 5.30 Å². The molecule has 4 rings (SSSR count). The molecule has 25 heavy (non-hydrogen) atoms. The van der Waals surface area contributed by atoms with Crippen molar-refractivity contribution in [1.29, 1.82) is 0 Å². The molecule has 2 nitrogen and oxygen atoms in total. The minimum atomic E-state index is -2.88. The maximum atomic E-state index is 14.5. The van der Waals surface area contributed by atoms with Crippen molar-refractivity contribution in [2.24, 2.45) is 0 Å². The van der Waals surface area contributed by atoms with Crippen LogP contribution in [0.25, 0.3) is 6.08 Å². The second-order valence-electron chi connectivity index (χ2n) is 6.40. The minimum absolute atomic E-state index is 0.279. The van der Waals surface area contributed by atoms with Crippen LogP contribution in [0.3, 0.4) is 0 Å². The van der Waals surface area contributed by atoms with E-state index in [0.717, 1.165) is 34.7 Å². The van der Waals surface area contributed by atoms with Gasteiger partial charge >= 0.3 is 0 Å². The zero-order valence-corrected chi connectivity index (χ0v) is 15.0. The summed E-state index contributed by atoms with van der Waals surface area (Å²) in [5.41, 5.74) is 2.13. The third-order valence-electron chi connectivity index (χ3n) is 4.88. The Hall–Kier alpha value is -2.44. The Bertz CT molecular complexity index is 953. The summed E-state index contributed by atoms with van der Waals surface area (Å²) in [6.07, 6.45) is 12.4. The van der Waals surface area contributed by atoms with E-state index in [1.54, 1.807) is 0 Å². The fraction of sp³-hybridized carbons (Fsp3) is 0.136. The van der Waals surface area contributed by atoms with E-state index >= 15 is 0 Å². The van der Waals surface area contributed by atoms with E-state index in [9.17, 15) is 4.57 Å². The highest BCUT2D eigenvalue weighted by Crippen LogP contribution is 2.60. The van der Waals surface area contributed by atoms with E-state index in [4.69, 9.17) is 0 Å². The molecule has 0 bridgehead atoms. The lowest BCUT2D eigenvalue weighted by Crippen LogP contribution is -2.27. The molecule has 2 aromatic carbocycles. The largest absolute Gasteiger partial charge is 0.306 e. The molecule has 2 atom stereocenters. The van der Waals surface area contributed by atoms with E-state index in [1.165, 1.54) is 0 Å². The quantitative estimate of drug-likeness (QED) is 0.545. The molecule has 0 fully saturated rings. The van der Waals surface area contributed by atoms with Gasteiger partial charge in [-0.1, -0.05) is 60.7 Å². The van der Waals surface area contributed by atoms with Gasteiger partial charge in [-0.05, 0) is 31.1 Å². The van der Waals surface area contributed by atoms with Gasteiger partial charge in [0.15, 0.2) is 0 Å². The predicted molar refractivity (Wildman–Crippen MR) is 106 cm³/mol. The average Bonchev–Trinajstić information content (AvgIpc) is 2.69. The number of allylic oxidation sites excluding steroid dienone is 4. The van der Waals surface area contributed by atoms with Gasteiger partial charge in [-0.15, -0.1) is 0 Å². The Morgan fingerprint density at radius 1 is 0.960 bits per heavy atom. The number of hydrogen-bond acceptors (Lipinski definition) is 1. The Morgan fingerprint density at radius 3 is 2.48 bits per heavy atom. The zero-order chi connectivity index (χ0) is 17.3. The highest BCUT2D eigenvalue weighted by Gasteiger charge is 2.45. The van der Waals surface area contributed by atoms with Gasteiger partial charge in [-0.25, -0.2) is 0 Å². The fourth-order valence-electron chi connectivity index (χ4n) is 3.59. The lowest BCUT2D eigenvalue weighted by Gasteiger charge is -2.27. The highest BCUT2D eigenvalue weighted by molar-refractivity contribution is 7.76. The maximum Gasteiger partial charge on any atom is 0.235 e. The van der Waals surface area contributed by atoms with Gasteiger partial charge in [0.25, 0.3) is 0 Å². The smallest absolute Gasteiger partial charge is 0.235 e. The van der Waals surface area contributed by atoms with Crippen LogP contribution in [0, 0.1) is 0 Å². The number of nitrogens with zero attached hydrogens (tertiary/aromatic N) is 1. The first-order valence-corrected chi connectivity index (χ1v) is 10.4. The summed E-state index contributed by atoms with van der Waals surface area (Å²) in [5.74, 6) is -0.279. The number of rotatable bonds is 3. The van der Waals surface area contributed by atoms with Crippen LogP contribution in [0.2, 0.25) is 0 Å². The molecule has 2 aromatic rings. The zero-order valence-electron chi connectivity index (χ0n) is 14.1. The molecule has 0 spiro atoms. The first-order chi connectivity index (χ1) is 12.2. The van der Waals surface area contributed by atoms with Crippen molar-refractivity contribution in [1.82, 2.24) is 0 Å². The standard InChI is InChI=1S/C22H21NOP/c1-23-21-15-9-8-10-18(21)16-17-22(23)25(24,19-11-4-2-5-12-19)20-13-6-3-7-14-20/h2,4-6,8-17,22H,1,3,7H2/q+1. The van der Waals surface area contributed by atoms with Crippen molar-refractivity contribution in [2.75, 3.05) is 0 Å². The van der Waals surface area contributed by atoms with Gasteiger partial charge in [0.1, 0.15) is 6.72 Å². The SMILES string of the molecule is C=[N+]1c2ccccc2C=CC1P(=O)(C1=CCCC=C1)c1ccccc1. The summed E-state index contributed by atoms with van der Waals surface area (Å²) in [6, 6.07) is 18.0. The molecular weight excluding hydrogens is 325 g/mol. The molecule has 2 unspecified atom stereocenters. The van der Waals surface area contributed by atoms with Crippen molar-refractivity contribution in [3.8, 4) is 0 Å². The molecule has 0 saturated heterocycles. The van der Waals surface area contributed by atoms with Crippen LogP contribution in [-0.4, -0.2) is 17.1 Å². The van der Waals surface area contributed by atoms with E-state index < -0.39 is 7.14 Å². The third-order valence-corrected chi connectivity index (χ3v) is 8.24.